The Hall–Kier alpha value is -4.41. The van der Waals surface area contributed by atoms with Crippen LogP contribution in [0.15, 0.2) is 115 Å². The number of benzene rings is 5. The minimum atomic E-state index is 0.995. The molecule has 0 radical (unpaired) electrons. The second-order valence-corrected chi connectivity index (χ2v) is 9.87. The smallest absolute Gasteiger partial charge is 0.195 e. The van der Waals surface area contributed by atoms with E-state index in [0.717, 1.165) is 16.3 Å². The molecule has 0 saturated heterocycles. The summed E-state index contributed by atoms with van der Waals surface area (Å²) < 4.78 is 5.98. The maximum Gasteiger partial charge on any atom is 0.195 e. The number of hydrogen-bond donors (Lipinski definition) is 0. The molecule has 0 saturated carbocycles. The predicted molar refractivity (Wildman–Crippen MR) is 148 cm³/mol. The van der Waals surface area contributed by atoms with Gasteiger partial charge in [-0.05, 0) is 36.4 Å². The van der Waals surface area contributed by atoms with Gasteiger partial charge in [-0.3, -0.25) is 4.57 Å². The van der Waals surface area contributed by atoms with Gasteiger partial charge in [-0.15, -0.1) is 0 Å². The molecule has 0 fully saturated rings. The van der Waals surface area contributed by atoms with Crippen molar-refractivity contribution >= 4 is 65.2 Å². The highest BCUT2D eigenvalue weighted by atomic mass is 32.1. The topological polar surface area (TPSA) is 22.8 Å². The van der Waals surface area contributed by atoms with Gasteiger partial charge in [-0.2, -0.15) is 0 Å². The molecular weight excluding hydrogens is 446 g/mol. The Kier molecular flexibility index (Phi) is 3.82. The van der Waals surface area contributed by atoms with Gasteiger partial charge in [0, 0.05) is 27.2 Å². The SMILES string of the molecule is c1ccc(-n2c3ccccc3c3ccc4c5ccccc5n(-c5nc6ccccc6s5)c4c32)cc1. The number of fused-ring (bicyclic) bond motifs is 8. The number of hydrogen-bond acceptors (Lipinski definition) is 2. The van der Waals surface area contributed by atoms with Crippen molar-refractivity contribution in [3.63, 3.8) is 0 Å². The molecule has 0 atom stereocenters. The first-order chi connectivity index (χ1) is 17.4. The van der Waals surface area contributed by atoms with Gasteiger partial charge in [-0.1, -0.05) is 90.2 Å². The molecule has 0 spiro atoms. The van der Waals surface area contributed by atoms with Crippen molar-refractivity contribution in [3.05, 3.63) is 115 Å². The minimum absolute atomic E-state index is 0.995. The third-order valence-corrected chi connectivity index (χ3v) is 7.98. The summed E-state index contributed by atoms with van der Waals surface area (Å²) >= 11 is 1.74. The first-order valence-electron chi connectivity index (χ1n) is 11.8. The Labute approximate surface area is 205 Å². The first-order valence-corrected chi connectivity index (χ1v) is 12.6. The van der Waals surface area contributed by atoms with Gasteiger partial charge in [0.2, 0.25) is 0 Å². The van der Waals surface area contributed by atoms with E-state index in [1.165, 1.54) is 48.3 Å². The van der Waals surface area contributed by atoms with Crippen LogP contribution in [0.25, 0.3) is 64.6 Å². The summed E-state index contributed by atoms with van der Waals surface area (Å²) in [4.78, 5) is 5.09. The zero-order chi connectivity index (χ0) is 22.9. The van der Waals surface area contributed by atoms with Crippen molar-refractivity contribution in [1.29, 1.82) is 0 Å². The summed E-state index contributed by atoms with van der Waals surface area (Å²) in [5.41, 5.74) is 7.00. The molecule has 0 N–H and O–H groups in total. The van der Waals surface area contributed by atoms with Gasteiger partial charge in [0.25, 0.3) is 0 Å². The fraction of sp³-hybridized carbons (Fsp3) is 0. The average molecular weight is 466 g/mol. The molecule has 0 bridgehead atoms. The van der Waals surface area contributed by atoms with Crippen LogP contribution >= 0.6 is 11.3 Å². The van der Waals surface area contributed by atoms with E-state index in [2.05, 4.69) is 124 Å². The van der Waals surface area contributed by atoms with Crippen molar-refractivity contribution in [3.8, 4) is 10.8 Å². The number of nitrogens with zero attached hydrogens (tertiary/aromatic N) is 3. The lowest BCUT2D eigenvalue weighted by molar-refractivity contribution is 1.13. The van der Waals surface area contributed by atoms with E-state index in [4.69, 9.17) is 4.98 Å². The van der Waals surface area contributed by atoms with Crippen LogP contribution in [0.2, 0.25) is 0 Å². The molecule has 8 rings (SSSR count). The normalized spacial score (nSPS) is 12.0. The van der Waals surface area contributed by atoms with Crippen molar-refractivity contribution in [1.82, 2.24) is 14.1 Å². The van der Waals surface area contributed by atoms with Crippen LogP contribution in [0.5, 0.6) is 0 Å². The average Bonchev–Trinajstić information content (AvgIpc) is 3.58. The van der Waals surface area contributed by atoms with Crippen LogP contribution in [0.4, 0.5) is 0 Å². The molecule has 0 unspecified atom stereocenters. The molecule has 3 aromatic heterocycles. The van der Waals surface area contributed by atoms with E-state index in [1.54, 1.807) is 11.3 Å². The lowest BCUT2D eigenvalue weighted by atomic mass is 10.1. The van der Waals surface area contributed by atoms with Gasteiger partial charge in [-0.25, -0.2) is 4.98 Å². The molecule has 3 nitrogen and oxygen atoms in total. The van der Waals surface area contributed by atoms with Crippen molar-refractivity contribution in [2.45, 2.75) is 0 Å². The monoisotopic (exact) mass is 465 g/mol. The van der Waals surface area contributed by atoms with Crippen LogP contribution in [0.3, 0.4) is 0 Å². The Morgan fingerprint density at radius 3 is 1.77 bits per heavy atom. The standard InChI is InChI=1S/C31H19N3S/c1-2-10-20(11-3-1)33-26-15-7-4-12-21(26)23-18-19-24-22-13-5-8-16-27(22)34(30(24)29(23)33)31-32-25-14-6-9-17-28(25)35-31/h1-19H. The maximum absolute atomic E-state index is 5.09. The highest BCUT2D eigenvalue weighted by molar-refractivity contribution is 7.20. The summed E-state index contributed by atoms with van der Waals surface area (Å²) in [6, 6.07) is 41.0. The third kappa shape index (κ3) is 2.57. The molecule has 0 amide bonds. The van der Waals surface area contributed by atoms with E-state index in [1.807, 2.05) is 0 Å². The van der Waals surface area contributed by atoms with E-state index in [-0.39, 0.29) is 0 Å². The Morgan fingerprint density at radius 2 is 1.06 bits per heavy atom. The number of thiazole rings is 1. The lowest BCUT2D eigenvalue weighted by Crippen LogP contribution is -1.98. The lowest BCUT2D eigenvalue weighted by Gasteiger charge is -2.10. The highest BCUT2D eigenvalue weighted by Crippen LogP contribution is 2.42. The summed E-state index contributed by atoms with van der Waals surface area (Å²) in [6.45, 7) is 0. The molecular formula is C31H19N3S. The van der Waals surface area contributed by atoms with Crippen LogP contribution < -0.4 is 0 Å². The van der Waals surface area contributed by atoms with Crippen molar-refractivity contribution < 1.29 is 0 Å². The van der Waals surface area contributed by atoms with Crippen molar-refractivity contribution in [2.75, 3.05) is 0 Å². The predicted octanol–water partition coefficient (Wildman–Crippen LogP) is 8.49. The molecule has 0 aliphatic carbocycles. The Morgan fingerprint density at radius 1 is 0.486 bits per heavy atom. The molecule has 164 valence electrons. The Bertz CT molecular complexity index is 2030. The maximum atomic E-state index is 5.09. The fourth-order valence-corrected chi connectivity index (χ4v) is 6.49. The van der Waals surface area contributed by atoms with Gasteiger partial charge >= 0.3 is 0 Å². The van der Waals surface area contributed by atoms with Gasteiger partial charge < -0.3 is 4.57 Å². The zero-order valence-electron chi connectivity index (χ0n) is 18.7. The largest absolute Gasteiger partial charge is 0.307 e. The van der Waals surface area contributed by atoms with Crippen LogP contribution in [-0.4, -0.2) is 14.1 Å². The summed E-state index contributed by atoms with van der Waals surface area (Å²) in [7, 11) is 0. The summed E-state index contributed by atoms with van der Waals surface area (Å²) in [5.74, 6) is 0. The molecule has 4 heteroatoms. The van der Waals surface area contributed by atoms with Gasteiger partial charge in [0.15, 0.2) is 5.13 Å². The molecule has 0 aliphatic heterocycles. The zero-order valence-corrected chi connectivity index (χ0v) is 19.5. The first kappa shape index (κ1) is 19.0. The van der Waals surface area contributed by atoms with E-state index >= 15 is 0 Å². The molecule has 35 heavy (non-hydrogen) atoms. The fourth-order valence-electron chi connectivity index (χ4n) is 5.50. The highest BCUT2D eigenvalue weighted by Gasteiger charge is 2.22. The van der Waals surface area contributed by atoms with E-state index < -0.39 is 0 Å². The van der Waals surface area contributed by atoms with E-state index in [0.29, 0.717) is 0 Å². The van der Waals surface area contributed by atoms with Crippen LogP contribution in [0, 0.1) is 0 Å². The second-order valence-electron chi connectivity index (χ2n) is 8.86. The second kappa shape index (κ2) is 7.05. The molecule has 8 aromatic rings. The quantitative estimate of drug-likeness (QED) is 0.251. The van der Waals surface area contributed by atoms with Crippen LogP contribution in [-0.2, 0) is 0 Å². The number of rotatable bonds is 2. The summed E-state index contributed by atoms with van der Waals surface area (Å²) in [6.07, 6.45) is 0. The van der Waals surface area contributed by atoms with Gasteiger partial charge in [0.05, 0.1) is 32.3 Å². The third-order valence-electron chi connectivity index (χ3n) is 6.96. The van der Waals surface area contributed by atoms with Gasteiger partial charge in [0.1, 0.15) is 0 Å². The number of para-hydroxylation sites is 4. The van der Waals surface area contributed by atoms with E-state index in [9.17, 15) is 0 Å². The molecule has 0 aliphatic rings. The minimum Gasteiger partial charge on any atom is -0.307 e. The molecule has 5 aromatic carbocycles. The summed E-state index contributed by atoms with van der Waals surface area (Å²) in [5, 5.41) is 5.99. The molecule has 3 heterocycles. The Balaban J connectivity index is 1.65. The van der Waals surface area contributed by atoms with Crippen LogP contribution in [0.1, 0.15) is 0 Å². The number of aromatic nitrogens is 3. The van der Waals surface area contributed by atoms with Crippen molar-refractivity contribution in [2.24, 2.45) is 0 Å².